The fraction of sp³-hybridized carbons (Fsp3) is 0.136. The Hall–Kier alpha value is -3.32. The minimum Gasteiger partial charge on any atom is -0.497 e. The fourth-order valence-electron chi connectivity index (χ4n) is 3.06. The van der Waals surface area contributed by atoms with E-state index in [9.17, 15) is 4.79 Å². The molecular formula is C22H20N4O2S. The van der Waals surface area contributed by atoms with Crippen molar-refractivity contribution < 1.29 is 9.53 Å². The Balaban J connectivity index is 1.69. The molecule has 0 unspecified atom stereocenters. The molecule has 0 fully saturated rings. The molecule has 6 nitrogen and oxygen atoms in total. The second kappa shape index (κ2) is 8.36. The summed E-state index contributed by atoms with van der Waals surface area (Å²) < 4.78 is 9.07. The van der Waals surface area contributed by atoms with Gasteiger partial charge in [0.15, 0.2) is 16.8 Å². The van der Waals surface area contributed by atoms with E-state index in [0.717, 1.165) is 22.8 Å². The number of carbonyl (C=O) groups excluding carboxylic acids is 1. The van der Waals surface area contributed by atoms with Gasteiger partial charge in [-0.2, -0.15) is 0 Å². The Morgan fingerprint density at radius 1 is 1.00 bits per heavy atom. The first-order valence-electron chi connectivity index (χ1n) is 9.10. The maximum Gasteiger partial charge on any atom is 0.196 e. The smallest absolute Gasteiger partial charge is 0.196 e. The van der Waals surface area contributed by atoms with Gasteiger partial charge in [0.2, 0.25) is 0 Å². The summed E-state index contributed by atoms with van der Waals surface area (Å²) in [5, 5.41) is 9.44. The van der Waals surface area contributed by atoms with Crippen LogP contribution in [0.2, 0.25) is 0 Å². The molecule has 2 aromatic heterocycles. The van der Waals surface area contributed by atoms with E-state index in [1.807, 2.05) is 89.1 Å². The number of aromatic nitrogens is 4. The van der Waals surface area contributed by atoms with Crippen LogP contribution in [0.5, 0.6) is 5.75 Å². The Bertz CT molecular complexity index is 1120. The lowest BCUT2D eigenvalue weighted by molar-refractivity contribution is 0.101. The molecule has 0 radical (unpaired) electrons. The molecule has 0 saturated heterocycles. The molecule has 0 aliphatic rings. The van der Waals surface area contributed by atoms with Gasteiger partial charge in [0.25, 0.3) is 0 Å². The third kappa shape index (κ3) is 3.95. The van der Waals surface area contributed by atoms with Crippen LogP contribution in [0.15, 0.2) is 78.1 Å². The molecule has 146 valence electrons. The molecule has 4 rings (SSSR count). The van der Waals surface area contributed by atoms with Gasteiger partial charge in [-0.3, -0.25) is 9.36 Å². The minimum absolute atomic E-state index is 0.0491. The van der Waals surface area contributed by atoms with Gasteiger partial charge in [0.05, 0.1) is 18.6 Å². The Morgan fingerprint density at radius 2 is 1.76 bits per heavy atom. The number of rotatable bonds is 7. The zero-order valence-electron chi connectivity index (χ0n) is 16.1. The van der Waals surface area contributed by atoms with E-state index in [4.69, 9.17) is 4.74 Å². The Labute approximate surface area is 173 Å². The summed E-state index contributed by atoms with van der Waals surface area (Å²) in [6.45, 7) is 0. The van der Waals surface area contributed by atoms with E-state index >= 15 is 0 Å². The summed E-state index contributed by atoms with van der Waals surface area (Å²) in [5.41, 5.74) is 2.54. The SMILES string of the molecule is COc1ccc(-n2c(SCC(=O)c3cccn3C)nnc2-c2ccccc2)cc1. The molecule has 0 spiro atoms. The van der Waals surface area contributed by atoms with Crippen molar-refractivity contribution in [1.29, 1.82) is 0 Å². The first kappa shape index (κ1) is 19.0. The van der Waals surface area contributed by atoms with E-state index in [2.05, 4.69) is 10.2 Å². The molecule has 2 heterocycles. The van der Waals surface area contributed by atoms with Crippen molar-refractivity contribution in [2.45, 2.75) is 5.16 Å². The van der Waals surface area contributed by atoms with Gasteiger partial charge in [-0.1, -0.05) is 42.1 Å². The highest BCUT2D eigenvalue weighted by Gasteiger charge is 2.18. The molecule has 2 aromatic carbocycles. The predicted molar refractivity (Wildman–Crippen MR) is 114 cm³/mol. The molecule has 0 aliphatic carbocycles. The van der Waals surface area contributed by atoms with Crippen LogP contribution in [0.1, 0.15) is 10.5 Å². The number of ketones is 1. The van der Waals surface area contributed by atoms with Crippen molar-refractivity contribution in [3.63, 3.8) is 0 Å². The van der Waals surface area contributed by atoms with Crippen molar-refractivity contribution >= 4 is 17.5 Å². The quantitative estimate of drug-likeness (QED) is 0.340. The zero-order chi connectivity index (χ0) is 20.2. The van der Waals surface area contributed by atoms with Crippen molar-refractivity contribution in [3.8, 4) is 22.8 Å². The average Bonchev–Trinajstić information content (AvgIpc) is 3.39. The molecule has 0 atom stereocenters. The summed E-state index contributed by atoms with van der Waals surface area (Å²) in [4.78, 5) is 12.6. The van der Waals surface area contributed by atoms with E-state index in [-0.39, 0.29) is 11.5 Å². The first-order valence-corrected chi connectivity index (χ1v) is 10.1. The van der Waals surface area contributed by atoms with Gasteiger partial charge in [0.1, 0.15) is 5.75 Å². The lowest BCUT2D eigenvalue weighted by Gasteiger charge is -2.11. The number of hydrogen-bond acceptors (Lipinski definition) is 5. The highest BCUT2D eigenvalue weighted by Crippen LogP contribution is 2.29. The number of methoxy groups -OCH3 is 1. The number of hydrogen-bond donors (Lipinski definition) is 0. The summed E-state index contributed by atoms with van der Waals surface area (Å²) in [5.74, 6) is 1.83. The topological polar surface area (TPSA) is 61.9 Å². The number of benzene rings is 2. The second-order valence-corrected chi connectivity index (χ2v) is 7.36. The summed E-state index contributed by atoms with van der Waals surface area (Å²) in [6.07, 6.45) is 1.87. The highest BCUT2D eigenvalue weighted by atomic mass is 32.2. The standard InChI is InChI=1S/C22H20N4O2S/c1-25-14-6-9-19(25)20(27)15-29-22-24-23-21(16-7-4-3-5-8-16)26(22)17-10-12-18(28-2)13-11-17/h3-14H,15H2,1-2H3. The molecule has 0 aliphatic heterocycles. The number of carbonyl (C=O) groups is 1. The van der Waals surface area contributed by atoms with Crippen LogP contribution in [0.4, 0.5) is 0 Å². The molecule has 0 amide bonds. The summed E-state index contributed by atoms with van der Waals surface area (Å²) >= 11 is 1.38. The average molecular weight is 404 g/mol. The third-order valence-corrected chi connectivity index (χ3v) is 5.49. The molecule has 7 heteroatoms. The van der Waals surface area contributed by atoms with Crippen molar-refractivity contribution in [2.75, 3.05) is 12.9 Å². The highest BCUT2D eigenvalue weighted by molar-refractivity contribution is 7.99. The van der Waals surface area contributed by atoms with Crippen LogP contribution < -0.4 is 4.74 Å². The second-order valence-electron chi connectivity index (χ2n) is 6.42. The maximum atomic E-state index is 12.6. The molecule has 0 bridgehead atoms. The minimum atomic E-state index is 0.0491. The Morgan fingerprint density at radius 3 is 2.41 bits per heavy atom. The van der Waals surface area contributed by atoms with Crippen molar-refractivity contribution in [2.24, 2.45) is 7.05 Å². The molecule has 0 N–H and O–H groups in total. The summed E-state index contributed by atoms with van der Waals surface area (Å²) in [7, 11) is 3.50. The number of ether oxygens (including phenoxy) is 1. The first-order chi connectivity index (χ1) is 14.2. The van der Waals surface area contributed by atoms with Gasteiger partial charge < -0.3 is 9.30 Å². The van der Waals surface area contributed by atoms with Gasteiger partial charge in [-0.25, -0.2) is 0 Å². The van der Waals surface area contributed by atoms with Crippen LogP contribution >= 0.6 is 11.8 Å². The largest absolute Gasteiger partial charge is 0.497 e. The summed E-state index contributed by atoms with van der Waals surface area (Å²) in [6, 6.07) is 21.3. The van der Waals surface area contributed by atoms with Crippen LogP contribution in [0, 0.1) is 0 Å². The molecule has 29 heavy (non-hydrogen) atoms. The van der Waals surface area contributed by atoms with E-state index in [1.54, 1.807) is 7.11 Å². The number of aryl methyl sites for hydroxylation is 1. The lowest BCUT2D eigenvalue weighted by Crippen LogP contribution is -2.08. The van der Waals surface area contributed by atoms with Crippen molar-refractivity contribution in [3.05, 3.63) is 78.6 Å². The Kier molecular flexibility index (Phi) is 5.48. The number of thioether (sulfide) groups is 1. The number of Topliss-reactive ketones (excluding diaryl/α,β-unsaturated/α-hetero) is 1. The van der Waals surface area contributed by atoms with Crippen LogP contribution in [0.3, 0.4) is 0 Å². The molecule has 4 aromatic rings. The zero-order valence-corrected chi connectivity index (χ0v) is 17.0. The third-order valence-electron chi connectivity index (χ3n) is 4.56. The van der Waals surface area contributed by atoms with Crippen LogP contribution in [0.25, 0.3) is 17.1 Å². The van der Waals surface area contributed by atoms with Gasteiger partial charge >= 0.3 is 0 Å². The maximum absolute atomic E-state index is 12.6. The van der Waals surface area contributed by atoms with Gasteiger partial charge in [0, 0.05) is 24.5 Å². The van der Waals surface area contributed by atoms with E-state index < -0.39 is 0 Å². The molecule has 0 saturated carbocycles. The van der Waals surface area contributed by atoms with Gasteiger partial charge in [-0.15, -0.1) is 10.2 Å². The monoisotopic (exact) mass is 404 g/mol. The van der Waals surface area contributed by atoms with Crippen LogP contribution in [-0.2, 0) is 7.05 Å². The molecular weight excluding hydrogens is 384 g/mol. The van der Waals surface area contributed by atoms with Crippen molar-refractivity contribution in [1.82, 2.24) is 19.3 Å². The fourth-order valence-corrected chi connectivity index (χ4v) is 3.88. The van der Waals surface area contributed by atoms with Crippen LogP contribution in [-0.4, -0.2) is 38.0 Å². The van der Waals surface area contributed by atoms with E-state index in [1.165, 1.54) is 11.8 Å². The normalized spacial score (nSPS) is 10.8. The number of nitrogens with zero attached hydrogens (tertiary/aromatic N) is 4. The van der Waals surface area contributed by atoms with Gasteiger partial charge in [-0.05, 0) is 36.4 Å². The van der Waals surface area contributed by atoms with E-state index in [0.29, 0.717) is 10.9 Å². The predicted octanol–water partition coefficient (Wildman–Crippen LogP) is 4.26. The lowest BCUT2D eigenvalue weighted by atomic mass is 10.2.